The Morgan fingerprint density at radius 1 is 1.03 bits per heavy atom. The molecule has 0 aliphatic heterocycles. The number of fused-ring (bicyclic) bond motifs is 1. The fourth-order valence-electron chi connectivity index (χ4n) is 3.43. The van der Waals surface area contributed by atoms with E-state index in [1.807, 2.05) is 55.5 Å². The summed E-state index contributed by atoms with van der Waals surface area (Å²) in [5, 5.41) is 12.3. The fraction of sp³-hybridized carbons (Fsp3) is 0.0417. The van der Waals surface area contributed by atoms with Gasteiger partial charge in [0.15, 0.2) is 0 Å². The number of nitrogens with zero attached hydrogens (tertiary/aromatic N) is 1. The number of anilines is 1. The van der Waals surface area contributed by atoms with Crippen LogP contribution in [0.3, 0.4) is 0 Å². The predicted octanol–water partition coefficient (Wildman–Crippen LogP) is 5.90. The fourth-order valence-corrected chi connectivity index (χ4v) is 3.93. The zero-order valence-electron chi connectivity index (χ0n) is 16.3. The van der Waals surface area contributed by atoms with E-state index in [9.17, 15) is 14.0 Å². The quantitative estimate of drug-likeness (QED) is 0.325. The number of hydrogen-bond acceptors (Lipinski definition) is 3. The van der Waals surface area contributed by atoms with E-state index in [1.54, 1.807) is 0 Å². The molecule has 154 valence electrons. The summed E-state index contributed by atoms with van der Waals surface area (Å²) in [7, 11) is 0. The van der Waals surface area contributed by atoms with E-state index in [4.69, 9.17) is 10.1 Å². The van der Waals surface area contributed by atoms with Gasteiger partial charge in [0.25, 0.3) is 5.91 Å². The number of aromatic nitrogens is 1. The van der Waals surface area contributed by atoms with Crippen LogP contribution in [-0.4, -0.2) is 22.0 Å². The van der Waals surface area contributed by atoms with Gasteiger partial charge < -0.3 is 10.4 Å². The Kier molecular flexibility index (Phi) is 5.69. The number of carboxylic acid groups (broad SMARTS) is 1. The molecule has 0 atom stereocenters. The van der Waals surface area contributed by atoms with Crippen LogP contribution in [0.15, 0.2) is 66.7 Å². The van der Waals surface area contributed by atoms with Gasteiger partial charge in [-0.05, 0) is 71.5 Å². The number of nitrogens with one attached hydrogen (secondary N) is 1. The van der Waals surface area contributed by atoms with Gasteiger partial charge in [-0.15, -0.1) is 0 Å². The molecule has 0 unspecified atom stereocenters. The normalized spacial score (nSPS) is 10.8. The molecular weight excluding hydrogens is 510 g/mol. The molecule has 1 heterocycles. The Balaban J connectivity index is 1.85. The van der Waals surface area contributed by atoms with Gasteiger partial charge in [-0.25, -0.2) is 14.2 Å². The second-order valence-electron chi connectivity index (χ2n) is 6.94. The van der Waals surface area contributed by atoms with Crippen molar-refractivity contribution in [3.05, 3.63) is 92.8 Å². The summed E-state index contributed by atoms with van der Waals surface area (Å²) in [5.41, 5.74) is 2.96. The molecule has 0 aliphatic carbocycles. The molecule has 4 rings (SSSR count). The van der Waals surface area contributed by atoms with Crippen molar-refractivity contribution in [3.8, 4) is 11.3 Å². The highest BCUT2D eigenvalue weighted by Crippen LogP contribution is 2.31. The summed E-state index contributed by atoms with van der Waals surface area (Å²) in [6.45, 7) is 1.81. The van der Waals surface area contributed by atoms with Crippen molar-refractivity contribution in [2.75, 3.05) is 5.32 Å². The molecule has 0 saturated heterocycles. The number of carbonyl (C=O) groups excluding carboxylic acids is 1. The van der Waals surface area contributed by atoms with Crippen LogP contribution < -0.4 is 5.32 Å². The van der Waals surface area contributed by atoms with E-state index >= 15 is 0 Å². The lowest BCUT2D eigenvalue weighted by Gasteiger charge is -2.15. The van der Waals surface area contributed by atoms with Crippen molar-refractivity contribution >= 4 is 51.1 Å². The first-order valence-corrected chi connectivity index (χ1v) is 10.4. The lowest BCUT2D eigenvalue weighted by molar-refractivity contribution is 0.0696. The van der Waals surface area contributed by atoms with Gasteiger partial charge in [0.2, 0.25) is 0 Å². The van der Waals surface area contributed by atoms with Crippen molar-refractivity contribution in [2.24, 2.45) is 0 Å². The Labute approximate surface area is 191 Å². The molecular formula is C24H16FIN2O3. The van der Waals surface area contributed by atoms with Gasteiger partial charge in [0.05, 0.1) is 28.0 Å². The van der Waals surface area contributed by atoms with E-state index in [2.05, 4.69) is 27.9 Å². The van der Waals surface area contributed by atoms with Crippen LogP contribution in [0.1, 0.15) is 26.3 Å². The van der Waals surface area contributed by atoms with Crippen molar-refractivity contribution in [3.63, 3.8) is 0 Å². The standard InChI is InChI=1S/C24H16FIN2O3/c1-13-21(23(29)28-20-9-7-15(24(30)31)11-18(20)25)17-12-16(26)8-10-19(17)27-22(13)14-5-3-2-4-6-14/h2-12H,1H3,(H,28,29)(H,30,31). The Morgan fingerprint density at radius 2 is 1.77 bits per heavy atom. The second-order valence-corrected chi connectivity index (χ2v) is 8.19. The average molecular weight is 526 g/mol. The highest BCUT2D eigenvalue weighted by atomic mass is 127. The number of carbonyl (C=O) groups is 2. The highest BCUT2D eigenvalue weighted by Gasteiger charge is 2.20. The second kappa shape index (κ2) is 8.43. The van der Waals surface area contributed by atoms with Crippen molar-refractivity contribution in [1.82, 2.24) is 4.98 Å². The first-order chi connectivity index (χ1) is 14.8. The number of hydrogen-bond donors (Lipinski definition) is 2. The molecule has 5 nitrogen and oxygen atoms in total. The van der Waals surface area contributed by atoms with E-state index < -0.39 is 17.7 Å². The van der Waals surface area contributed by atoms with Gasteiger partial charge in [-0.1, -0.05) is 30.3 Å². The number of aromatic carboxylic acids is 1. The van der Waals surface area contributed by atoms with Crippen LogP contribution in [-0.2, 0) is 0 Å². The summed E-state index contributed by atoms with van der Waals surface area (Å²) < 4.78 is 15.4. The van der Waals surface area contributed by atoms with E-state index in [1.165, 1.54) is 12.1 Å². The van der Waals surface area contributed by atoms with E-state index in [0.29, 0.717) is 27.7 Å². The van der Waals surface area contributed by atoms with Gasteiger partial charge in [0.1, 0.15) is 5.82 Å². The largest absolute Gasteiger partial charge is 0.478 e. The van der Waals surface area contributed by atoms with Gasteiger partial charge in [-0.3, -0.25) is 4.79 Å². The predicted molar refractivity (Wildman–Crippen MR) is 126 cm³/mol. The van der Waals surface area contributed by atoms with Crippen LogP contribution >= 0.6 is 22.6 Å². The molecule has 31 heavy (non-hydrogen) atoms. The zero-order chi connectivity index (χ0) is 22.1. The molecule has 0 radical (unpaired) electrons. The summed E-state index contributed by atoms with van der Waals surface area (Å²) in [5.74, 6) is -2.55. The van der Waals surface area contributed by atoms with Crippen LogP contribution in [0.2, 0.25) is 0 Å². The average Bonchev–Trinajstić information content (AvgIpc) is 2.75. The van der Waals surface area contributed by atoms with Gasteiger partial charge >= 0.3 is 5.97 Å². The Morgan fingerprint density at radius 3 is 2.45 bits per heavy atom. The first kappa shape index (κ1) is 20.9. The van der Waals surface area contributed by atoms with Crippen molar-refractivity contribution in [2.45, 2.75) is 6.92 Å². The third-order valence-electron chi connectivity index (χ3n) is 4.93. The lowest BCUT2D eigenvalue weighted by Crippen LogP contribution is -2.16. The topological polar surface area (TPSA) is 79.3 Å². The molecule has 0 saturated carbocycles. The molecule has 0 bridgehead atoms. The maximum absolute atomic E-state index is 14.4. The van der Waals surface area contributed by atoms with Gasteiger partial charge in [-0.2, -0.15) is 0 Å². The summed E-state index contributed by atoms with van der Waals surface area (Å²) in [6.07, 6.45) is 0. The molecule has 1 amide bonds. The molecule has 7 heteroatoms. The molecule has 1 aromatic heterocycles. The molecule has 0 aliphatic rings. The minimum atomic E-state index is -1.24. The van der Waals surface area contributed by atoms with Crippen molar-refractivity contribution in [1.29, 1.82) is 0 Å². The van der Waals surface area contributed by atoms with Crippen LogP contribution in [0.5, 0.6) is 0 Å². The third kappa shape index (κ3) is 4.13. The SMILES string of the molecule is Cc1c(-c2ccccc2)nc2ccc(I)cc2c1C(=O)Nc1ccc(C(=O)O)cc1F. The van der Waals surface area contributed by atoms with Crippen LogP contribution in [0, 0.1) is 16.3 Å². The Hall–Kier alpha value is -3.33. The molecule has 4 aromatic rings. The monoisotopic (exact) mass is 526 g/mol. The van der Waals surface area contributed by atoms with Crippen LogP contribution in [0.25, 0.3) is 22.2 Å². The number of pyridine rings is 1. The summed E-state index contributed by atoms with van der Waals surface area (Å²) in [6, 6.07) is 18.5. The number of rotatable bonds is 4. The van der Waals surface area contributed by atoms with Gasteiger partial charge in [0, 0.05) is 14.5 Å². The molecule has 0 spiro atoms. The number of halogens is 2. The third-order valence-corrected chi connectivity index (χ3v) is 5.60. The van der Waals surface area contributed by atoms with Crippen LogP contribution in [0.4, 0.5) is 10.1 Å². The smallest absolute Gasteiger partial charge is 0.335 e. The highest BCUT2D eigenvalue weighted by molar-refractivity contribution is 14.1. The maximum atomic E-state index is 14.4. The summed E-state index contributed by atoms with van der Waals surface area (Å²) >= 11 is 2.16. The number of amides is 1. The minimum Gasteiger partial charge on any atom is -0.478 e. The molecule has 0 fully saturated rings. The number of benzene rings is 3. The van der Waals surface area contributed by atoms with E-state index in [-0.39, 0.29) is 11.3 Å². The van der Waals surface area contributed by atoms with E-state index in [0.717, 1.165) is 15.2 Å². The lowest BCUT2D eigenvalue weighted by atomic mass is 9.97. The Bertz CT molecular complexity index is 1340. The minimum absolute atomic E-state index is 0.0914. The first-order valence-electron chi connectivity index (χ1n) is 9.34. The van der Waals surface area contributed by atoms with Crippen molar-refractivity contribution < 1.29 is 19.1 Å². The molecule has 2 N–H and O–H groups in total. The summed E-state index contributed by atoms with van der Waals surface area (Å²) in [4.78, 5) is 29.1. The molecule has 3 aromatic carbocycles. The zero-order valence-corrected chi connectivity index (χ0v) is 18.5. The number of carboxylic acids is 1. The maximum Gasteiger partial charge on any atom is 0.335 e.